The van der Waals surface area contributed by atoms with E-state index in [1.165, 1.54) is 13.2 Å². The molecule has 138 valence electrons. The highest BCUT2D eigenvalue weighted by molar-refractivity contribution is 6.33. The van der Waals surface area contributed by atoms with E-state index >= 15 is 0 Å². The first-order chi connectivity index (χ1) is 12.3. The maximum Gasteiger partial charge on any atom is 0.433 e. The fourth-order valence-corrected chi connectivity index (χ4v) is 3.78. The van der Waals surface area contributed by atoms with Crippen molar-refractivity contribution in [2.45, 2.75) is 24.7 Å². The zero-order valence-electron chi connectivity index (χ0n) is 13.6. The van der Waals surface area contributed by atoms with Gasteiger partial charge in [-0.2, -0.15) is 18.3 Å². The Hall–Kier alpha value is -2.36. The van der Waals surface area contributed by atoms with Crippen molar-refractivity contribution in [1.82, 2.24) is 19.7 Å². The van der Waals surface area contributed by atoms with Gasteiger partial charge in [0.15, 0.2) is 0 Å². The summed E-state index contributed by atoms with van der Waals surface area (Å²) in [6.07, 6.45) is -1.03. The molecular weight excluding hydrogens is 373 g/mol. The van der Waals surface area contributed by atoms with Crippen molar-refractivity contribution >= 4 is 23.2 Å². The van der Waals surface area contributed by atoms with E-state index in [4.69, 9.17) is 11.6 Å². The highest BCUT2D eigenvalue weighted by Crippen LogP contribution is 2.38. The smallest absolute Gasteiger partial charge is 0.365 e. The van der Waals surface area contributed by atoms with Crippen LogP contribution in [0.2, 0.25) is 5.02 Å². The lowest BCUT2D eigenvalue weighted by Crippen LogP contribution is -2.69. The maximum atomic E-state index is 12.9. The van der Waals surface area contributed by atoms with E-state index in [0.29, 0.717) is 18.8 Å². The first-order valence-corrected chi connectivity index (χ1v) is 8.29. The lowest BCUT2D eigenvalue weighted by atomic mass is 9.87. The molecule has 5 rings (SSSR count). The summed E-state index contributed by atoms with van der Waals surface area (Å²) in [5.74, 6) is 0.0777. The van der Waals surface area contributed by atoms with Crippen molar-refractivity contribution in [2.75, 3.05) is 22.9 Å². The van der Waals surface area contributed by atoms with Crippen molar-refractivity contribution < 1.29 is 13.2 Å². The summed E-state index contributed by atoms with van der Waals surface area (Å²) in [5.41, 5.74) is -0.807. The molecule has 0 saturated carbocycles. The number of aryl methyl sites for hydroxylation is 1. The Labute approximate surface area is 151 Å². The third kappa shape index (κ3) is 2.68. The standard InChI is InChI=1S/C15H14ClF3N6O/c1-23-13(26)12(16)10(5-21-23)24-6-8-4-9(7-24)25(8)14-20-3-2-11(22-14)15(17,18)19/h2-3,5,8-9H,4,6-7H2,1H3. The lowest BCUT2D eigenvalue weighted by molar-refractivity contribution is -0.141. The van der Waals surface area contributed by atoms with Gasteiger partial charge in [-0.05, 0) is 12.5 Å². The second kappa shape index (κ2) is 5.83. The Morgan fingerprint density at radius 1 is 1.27 bits per heavy atom. The van der Waals surface area contributed by atoms with Crippen molar-refractivity contribution in [3.63, 3.8) is 0 Å². The first-order valence-electron chi connectivity index (χ1n) is 7.91. The van der Waals surface area contributed by atoms with Gasteiger partial charge >= 0.3 is 6.18 Å². The first kappa shape index (κ1) is 17.1. The van der Waals surface area contributed by atoms with Crippen molar-refractivity contribution in [1.29, 1.82) is 0 Å². The normalized spacial score (nSPS) is 22.3. The van der Waals surface area contributed by atoms with Crippen molar-refractivity contribution in [3.05, 3.63) is 39.5 Å². The van der Waals surface area contributed by atoms with Crippen molar-refractivity contribution in [3.8, 4) is 0 Å². The third-order valence-electron chi connectivity index (χ3n) is 4.76. The van der Waals surface area contributed by atoms with Gasteiger partial charge in [0.2, 0.25) is 5.95 Å². The molecule has 3 fully saturated rings. The van der Waals surface area contributed by atoms with Crippen LogP contribution >= 0.6 is 11.6 Å². The average Bonchev–Trinajstić information content (AvgIpc) is 2.59. The minimum Gasteiger partial charge on any atom is -0.365 e. The Bertz CT molecular complexity index is 905. The molecule has 2 aromatic heterocycles. The molecule has 2 unspecified atom stereocenters. The van der Waals surface area contributed by atoms with Gasteiger partial charge in [0.25, 0.3) is 5.56 Å². The zero-order valence-corrected chi connectivity index (χ0v) is 14.4. The Kier molecular flexibility index (Phi) is 3.83. The number of halogens is 4. The van der Waals surface area contributed by atoms with Crippen LogP contribution in [0.25, 0.3) is 0 Å². The number of hydrogen-bond donors (Lipinski definition) is 0. The fourth-order valence-electron chi connectivity index (χ4n) is 3.49. The topological polar surface area (TPSA) is 67.2 Å². The number of piperidine rings is 1. The molecule has 7 nitrogen and oxygen atoms in total. The minimum absolute atomic E-state index is 0.0441. The molecule has 5 heterocycles. The van der Waals surface area contributed by atoms with Gasteiger partial charge in [0.05, 0.1) is 24.0 Å². The van der Waals surface area contributed by atoms with E-state index in [1.807, 2.05) is 4.90 Å². The third-order valence-corrected chi connectivity index (χ3v) is 5.11. The molecule has 2 aromatic rings. The van der Waals surface area contributed by atoms with Crippen LogP contribution in [0.1, 0.15) is 12.1 Å². The van der Waals surface area contributed by atoms with E-state index < -0.39 is 11.9 Å². The summed E-state index contributed by atoms with van der Waals surface area (Å²) >= 11 is 6.14. The highest BCUT2D eigenvalue weighted by Gasteiger charge is 2.47. The maximum absolute atomic E-state index is 12.9. The zero-order chi connectivity index (χ0) is 18.6. The second-order valence-corrected chi connectivity index (χ2v) is 6.75. The Morgan fingerprint density at radius 3 is 2.62 bits per heavy atom. The molecule has 0 spiro atoms. The summed E-state index contributed by atoms with van der Waals surface area (Å²) < 4.78 is 39.8. The molecule has 0 N–H and O–H groups in total. The molecule has 0 aliphatic carbocycles. The quantitative estimate of drug-likeness (QED) is 0.783. The van der Waals surface area contributed by atoms with Crippen LogP contribution in [0.4, 0.5) is 24.8 Å². The molecule has 2 atom stereocenters. The van der Waals surface area contributed by atoms with Gasteiger partial charge in [0, 0.05) is 26.3 Å². The van der Waals surface area contributed by atoms with Gasteiger partial charge in [-0.15, -0.1) is 0 Å². The fraction of sp³-hybridized carbons (Fsp3) is 0.467. The van der Waals surface area contributed by atoms with Crippen LogP contribution in [-0.2, 0) is 13.2 Å². The number of alkyl halides is 3. The summed E-state index contributed by atoms with van der Waals surface area (Å²) in [4.78, 5) is 23.3. The monoisotopic (exact) mass is 386 g/mol. The van der Waals surface area contributed by atoms with Gasteiger partial charge in [0.1, 0.15) is 10.7 Å². The van der Waals surface area contributed by atoms with Crippen LogP contribution in [-0.4, -0.2) is 44.9 Å². The van der Waals surface area contributed by atoms with Gasteiger partial charge in [-0.25, -0.2) is 14.6 Å². The number of aromatic nitrogens is 4. The van der Waals surface area contributed by atoms with Crippen LogP contribution < -0.4 is 15.4 Å². The number of hydrogen-bond acceptors (Lipinski definition) is 6. The van der Waals surface area contributed by atoms with Gasteiger partial charge in [-0.1, -0.05) is 11.6 Å². The SMILES string of the molecule is Cn1ncc(N2CC3CC(C2)N3c2nccc(C(F)(F)F)n2)c(Cl)c1=O. The number of nitrogens with zero attached hydrogens (tertiary/aromatic N) is 6. The van der Waals surface area contributed by atoms with Gasteiger partial charge in [-0.3, -0.25) is 4.79 Å². The molecule has 26 heavy (non-hydrogen) atoms. The van der Waals surface area contributed by atoms with Gasteiger partial charge < -0.3 is 9.80 Å². The van der Waals surface area contributed by atoms with E-state index in [2.05, 4.69) is 15.1 Å². The Morgan fingerprint density at radius 2 is 1.96 bits per heavy atom. The van der Waals surface area contributed by atoms with Crippen LogP contribution in [0.3, 0.4) is 0 Å². The molecule has 3 aliphatic heterocycles. The molecular formula is C15H14ClF3N6O. The number of piperazine rings is 1. The summed E-state index contributed by atoms with van der Waals surface area (Å²) in [7, 11) is 1.51. The molecule has 2 bridgehead atoms. The number of fused-ring (bicyclic) bond motifs is 2. The number of rotatable bonds is 2. The van der Waals surface area contributed by atoms with Crippen molar-refractivity contribution in [2.24, 2.45) is 7.05 Å². The van der Waals surface area contributed by atoms with E-state index in [0.717, 1.165) is 23.4 Å². The lowest BCUT2D eigenvalue weighted by Gasteiger charge is -2.56. The summed E-state index contributed by atoms with van der Waals surface area (Å²) in [5, 5.41) is 4.07. The predicted molar refractivity (Wildman–Crippen MR) is 88.4 cm³/mol. The molecule has 3 aliphatic rings. The van der Waals surface area contributed by atoms with Crippen LogP contribution in [0.5, 0.6) is 0 Å². The summed E-state index contributed by atoms with van der Waals surface area (Å²) in [6.45, 7) is 1.01. The minimum atomic E-state index is -4.51. The molecule has 0 aromatic carbocycles. The Balaban J connectivity index is 1.57. The van der Waals surface area contributed by atoms with E-state index in [9.17, 15) is 18.0 Å². The number of anilines is 2. The van der Waals surface area contributed by atoms with Crippen LogP contribution in [0, 0.1) is 0 Å². The molecule has 3 saturated heterocycles. The van der Waals surface area contributed by atoms with Crippen LogP contribution in [0.15, 0.2) is 23.3 Å². The second-order valence-electron chi connectivity index (χ2n) is 6.37. The predicted octanol–water partition coefficient (Wildman–Crippen LogP) is 1.71. The molecule has 11 heteroatoms. The average molecular weight is 387 g/mol. The van der Waals surface area contributed by atoms with E-state index in [1.54, 1.807) is 4.90 Å². The van der Waals surface area contributed by atoms with E-state index in [-0.39, 0.29) is 28.6 Å². The largest absolute Gasteiger partial charge is 0.433 e. The molecule has 0 radical (unpaired) electrons. The summed E-state index contributed by atoms with van der Waals surface area (Å²) in [6, 6.07) is 0.769. The highest BCUT2D eigenvalue weighted by atomic mass is 35.5. The molecule has 0 amide bonds.